The minimum absolute atomic E-state index is 0.867. The highest BCUT2D eigenvalue weighted by Gasteiger charge is 2.05. The summed E-state index contributed by atoms with van der Waals surface area (Å²) < 4.78 is 0. The molecule has 0 aliphatic carbocycles. The van der Waals surface area contributed by atoms with E-state index in [2.05, 4.69) is 64.3 Å². The van der Waals surface area contributed by atoms with E-state index in [1.165, 1.54) is 16.0 Å². The molecule has 13 heavy (non-hydrogen) atoms. The molecule has 0 nitrogen and oxygen atoms in total. The van der Waals surface area contributed by atoms with E-state index >= 15 is 0 Å². The molecule has 1 unspecified atom stereocenters. The van der Waals surface area contributed by atoms with E-state index < -0.39 is 7.42 Å². The van der Waals surface area contributed by atoms with E-state index in [9.17, 15) is 0 Å². The quantitative estimate of drug-likeness (QED) is 0.540. The van der Waals surface area contributed by atoms with E-state index in [-0.39, 0.29) is 0 Å². The van der Waals surface area contributed by atoms with Crippen LogP contribution in [-0.2, 0) is 0 Å². The Balaban J connectivity index is 2.76. The second-order valence-corrected chi connectivity index (χ2v) is 9.16. The van der Waals surface area contributed by atoms with Gasteiger partial charge in [0, 0.05) is 0 Å². The van der Waals surface area contributed by atoms with Crippen LogP contribution in [0.15, 0.2) is 42.5 Å². The van der Waals surface area contributed by atoms with Gasteiger partial charge in [0.2, 0.25) is 0 Å². The molecule has 0 radical (unpaired) electrons. The zero-order chi connectivity index (χ0) is 9.26. The molecule has 0 aliphatic heterocycles. The Morgan fingerprint density at radius 1 is 1.00 bits per heavy atom. The molecule has 0 bridgehead atoms. The Kier molecular flexibility index (Phi) is 2.51. The number of hydrogen-bond donors (Lipinski definition) is 0. The van der Waals surface area contributed by atoms with Crippen LogP contribution in [0.5, 0.6) is 0 Å². The predicted octanol–water partition coefficient (Wildman–Crippen LogP) is 2.80. The number of hydrogen-bond acceptors (Lipinski definition) is 0. The Morgan fingerprint density at radius 2 is 1.69 bits per heavy atom. The van der Waals surface area contributed by atoms with Crippen LogP contribution in [-0.4, -0.2) is 7.42 Å². The van der Waals surface area contributed by atoms with E-state index in [0.29, 0.717) is 0 Å². The topological polar surface area (TPSA) is 0 Å². The number of benzene rings is 2. The molecule has 0 amide bonds. The molecule has 66 valence electrons. The summed E-state index contributed by atoms with van der Waals surface area (Å²) in [5.41, 5.74) is 0. The Morgan fingerprint density at radius 3 is 2.46 bits per heavy atom. The van der Waals surface area contributed by atoms with Gasteiger partial charge in [-0.1, -0.05) is 49.0 Å². The van der Waals surface area contributed by atoms with Gasteiger partial charge in [-0.3, -0.25) is 0 Å². The number of fused-ring (bicyclic) bond motifs is 1. The maximum atomic E-state index is 3.74. The Labute approximate surface area is 87.8 Å². The van der Waals surface area contributed by atoms with Gasteiger partial charge in [0.05, 0.1) is 0 Å². The van der Waals surface area contributed by atoms with E-state index in [4.69, 9.17) is 0 Å². The van der Waals surface area contributed by atoms with Gasteiger partial charge < -0.3 is 0 Å². The molecular formula is C11H11BrSi. The van der Waals surface area contributed by atoms with Gasteiger partial charge in [0.25, 0.3) is 0 Å². The molecule has 2 aromatic carbocycles. The SMILES string of the molecule is C[SiH](Br)c1cccc2ccccc12. The van der Waals surface area contributed by atoms with Crippen LogP contribution in [0, 0.1) is 0 Å². The van der Waals surface area contributed by atoms with Crippen LogP contribution in [0.25, 0.3) is 10.8 Å². The fraction of sp³-hybridized carbons (Fsp3) is 0.0909. The van der Waals surface area contributed by atoms with Crippen molar-refractivity contribution in [3.8, 4) is 0 Å². The van der Waals surface area contributed by atoms with Crippen LogP contribution in [0.4, 0.5) is 0 Å². The van der Waals surface area contributed by atoms with Crippen LogP contribution in [0.3, 0.4) is 0 Å². The lowest BCUT2D eigenvalue weighted by Crippen LogP contribution is -2.20. The summed E-state index contributed by atoms with van der Waals surface area (Å²) in [5, 5.41) is 4.25. The molecule has 2 rings (SSSR count). The largest absolute Gasteiger partial charge is 0.143 e. The summed E-state index contributed by atoms with van der Waals surface area (Å²) in [5.74, 6) is 0. The van der Waals surface area contributed by atoms with Gasteiger partial charge in [0.1, 0.15) is 7.42 Å². The molecule has 0 spiro atoms. The summed E-state index contributed by atoms with van der Waals surface area (Å²) in [7, 11) is -0.867. The normalized spacial score (nSPS) is 13.1. The van der Waals surface area contributed by atoms with Gasteiger partial charge in [-0.15, -0.1) is 15.3 Å². The molecule has 0 saturated carbocycles. The van der Waals surface area contributed by atoms with Gasteiger partial charge in [-0.05, 0) is 16.0 Å². The van der Waals surface area contributed by atoms with Gasteiger partial charge in [-0.25, -0.2) is 0 Å². The monoisotopic (exact) mass is 250 g/mol. The zero-order valence-electron chi connectivity index (χ0n) is 7.50. The molecule has 1 atom stereocenters. The molecule has 0 N–H and O–H groups in total. The van der Waals surface area contributed by atoms with Gasteiger partial charge in [0.15, 0.2) is 0 Å². The maximum absolute atomic E-state index is 3.74. The van der Waals surface area contributed by atoms with Gasteiger partial charge in [-0.2, -0.15) is 0 Å². The van der Waals surface area contributed by atoms with Crippen molar-refractivity contribution in [1.82, 2.24) is 0 Å². The van der Waals surface area contributed by atoms with Crippen LogP contribution >= 0.6 is 15.3 Å². The van der Waals surface area contributed by atoms with Crippen molar-refractivity contribution in [2.45, 2.75) is 6.55 Å². The second-order valence-electron chi connectivity index (χ2n) is 3.18. The number of halogens is 1. The first-order valence-corrected chi connectivity index (χ1v) is 9.32. The molecule has 0 fully saturated rings. The molecule has 0 aliphatic rings. The first kappa shape index (κ1) is 8.97. The fourth-order valence-electron chi connectivity index (χ4n) is 1.60. The highest BCUT2D eigenvalue weighted by atomic mass is 79.9. The first-order chi connectivity index (χ1) is 6.29. The first-order valence-electron chi connectivity index (χ1n) is 4.41. The summed E-state index contributed by atoms with van der Waals surface area (Å²) in [4.78, 5) is 0. The molecule has 0 saturated heterocycles. The van der Waals surface area contributed by atoms with Crippen molar-refractivity contribution in [2.24, 2.45) is 0 Å². The average molecular weight is 251 g/mol. The third-order valence-corrected chi connectivity index (χ3v) is 5.09. The van der Waals surface area contributed by atoms with E-state index in [0.717, 1.165) is 0 Å². The maximum Gasteiger partial charge on any atom is 0.143 e. The van der Waals surface area contributed by atoms with Crippen LogP contribution in [0.1, 0.15) is 0 Å². The number of rotatable bonds is 1. The average Bonchev–Trinajstić information content (AvgIpc) is 2.17. The second kappa shape index (κ2) is 3.64. The summed E-state index contributed by atoms with van der Waals surface area (Å²) in [6, 6.07) is 15.1. The highest BCUT2D eigenvalue weighted by molar-refractivity contribution is 9.25. The van der Waals surface area contributed by atoms with Crippen molar-refractivity contribution in [3.05, 3.63) is 42.5 Å². The summed E-state index contributed by atoms with van der Waals surface area (Å²) in [6.45, 7) is 2.29. The van der Waals surface area contributed by atoms with Crippen molar-refractivity contribution in [2.75, 3.05) is 0 Å². The van der Waals surface area contributed by atoms with Crippen LogP contribution < -0.4 is 5.19 Å². The molecule has 0 heterocycles. The fourth-order valence-corrected chi connectivity index (χ4v) is 3.86. The van der Waals surface area contributed by atoms with Gasteiger partial charge >= 0.3 is 0 Å². The van der Waals surface area contributed by atoms with E-state index in [1.54, 1.807) is 0 Å². The van der Waals surface area contributed by atoms with Crippen LogP contribution in [0.2, 0.25) is 6.55 Å². The Hall–Kier alpha value is -0.603. The third kappa shape index (κ3) is 1.69. The summed E-state index contributed by atoms with van der Waals surface area (Å²) in [6.07, 6.45) is 0. The minimum Gasteiger partial charge on any atom is -0.125 e. The lowest BCUT2D eigenvalue weighted by molar-refractivity contribution is 1.78. The molecular weight excluding hydrogens is 240 g/mol. The minimum atomic E-state index is -0.867. The lowest BCUT2D eigenvalue weighted by Gasteiger charge is -2.06. The third-order valence-electron chi connectivity index (χ3n) is 2.25. The molecule has 2 heteroatoms. The standard InChI is InChI=1S/C11H11BrSi/c1-13(12)11-8-4-6-9-5-2-3-7-10(9)11/h2-8,13H,1H3. The smallest absolute Gasteiger partial charge is 0.125 e. The van der Waals surface area contributed by atoms with E-state index in [1.807, 2.05) is 0 Å². The zero-order valence-corrected chi connectivity index (χ0v) is 10.2. The molecule has 0 aromatic heterocycles. The van der Waals surface area contributed by atoms with Crippen molar-refractivity contribution < 1.29 is 0 Å². The predicted molar refractivity (Wildman–Crippen MR) is 65.5 cm³/mol. The highest BCUT2D eigenvalue weighted by Crippen LogP contribution is 2.12. The van der Waals surface area contributed by atoms with Crippen molar-refractivity contribution in [3.63, 3.8) is 0 Å². The van der Waals surface area contributed by atoms with Crippen molar-refractivity contribution in [1.29, 1.82) is 0 Å². The Bertz CT molecular complexity index is 418. The molecule has 2 aromatic rings. The van der Waals surface area contributed by atoms with Crippen molar-refractivity contribution >= 4 is 38.7 Å². The summed E-state index contributed by atoms with van der Waals surface area (Å²) >= 11 is 3.74. The lowest BCUT2D eigenvalue weighted by atomic mass is 10.1.